The van der Waals surface area contributed by atoms with E-state index in [1.54, 1.807) is 30.3 Å². The number of rotatable bonds is 8. The Morgan fingerprint density at radius 2 is 1.79 bits per heavy atom. The molecule has 0 aliphatic heterocycles. The van der Waals surface area contributed by atoms with Crippen LogP contribution < -0.4 is 15.4 Å². The van der Waals surface area contributed by atoms with E-state index in [0.717, 1.165) is 6.07 Å². The minimum Gasteiger partial charge on any atom is -0.454 e. The number of alkyl halides is 2. The van der Waals surface area contributed by atoms with Gasteiger partial charge in [0.15, 0.2) is 6.61 Å². The predicted molar refractivity (Wildman–Crippen MR) is 101 cm³/mol. The normalized spacial score (nSPS) is 11.5. The van der Waals surface area contributed by atoms with Crippen LogP contribution in [0.1, 0.15) is 17.3 Å². The van der Waals surface area contributed by atoms with E-state index in [-0.39, 0.29) is 16.5 Å². The zero-order valence-corrected chi connectivity index (χ0v) is 15.9. The maximum atomic E-state index is 12.2. The van der Waals surface area contributed by atoms with Crippen LogP contribution >= 0.6 is 11.6 Å². The summed E-state index contributed by atoms with van der Waals surface area (Å²) >= 11 is 5.79. The highest BCUT2D eigenvalue weighted by molar-refractivity contribution is 6.32. The standard InChI is InChI=1S/C19H17ClF2N2O5/c1-11(23-17(26)12-5-3-2-4-6-12)18(27)28-10-16(25)24-13-7-8-15(14(20)9-13)29-19(21)22/h2-9,11,19H,10H2,1H3,(H,23,26)(H,24,25)/t11-/m0/s1. The second-order valence-corrected chi connectivity index (χ2v) is 6.15. The number of carbonyl (C=O) groups is 3. The quantitative estimate of drug-likeness (QED) is 0.632. The summed E-state index contributed by atoms with van der Waals surface area (Å²) in [5, 5.41) is 4.73. The van der Waals surface area contributed by atoms with Gasteiger partial charge in [-0.25, -0.2) is 4.79 Å². The van der Waals surface area contributed by atoms with E-state index in [2.05, 4.69) is 15.4 Å². The molecule has 2 aromatic rings. The molecule has 0 aromatic heterocycles. The average molecular weight is 427 g/mol. The third-order valence-electron chi connectivity index (χ3n) is 3.51. The van der Waals surface area contributed by atoms with Crippen molar-refractivity contribution < 1.29 is 32.6 Å². The van der Waals surface area contributed by atoms with Crippen LogP contribution in [0.5, 0.6) is 5.75 Å². The fourth-order valence-corrected chi connectivity index (χ4v) is 2.38. The van der Waals surface area contributed by atoms with Gasteiger partial charge >= 0.3 is 12.6 Å². The Balaban J connectivity index is 1.81. The van der Waals surface area contributed by atoms with E-state index < -0.39 is 37.0 Å². The van der Waals surface area contributed by atoms with Crippen molar-refractivity contribution in [3.63, 3.8) is 0 Å². The molecule has 2 N–H and O–H groups in total. The van der Waals surface area contributed by atoms with E-state index in [0.29, 0.717) is 5.56 Å². The molecule has 2 aromatic carbocycles. The van der Waals surface area contributed by atoms with Crippen LogP contribution in [0.4, 0.5) is 14.5 Å². The van der Waals surface area contributed by atoms with E-state index in [1.807, 2.05) is 0 Å². The lowest BCUT2D eigenvalue weighted by atomic mass is 10.2. The molecule has 0 saturated carbocycles. The van der Waals surface area contributed by atoms with Crippen LogP contribution in [0, 0.1) is 0 Å². The monoisotopic (exact) mass is 426 g/mol. The van der Waals surface area contributed by atoms with Crippen LogP contribution in [-0.2, 0) is 14.3 Å². The molecule has 0 aliphatic carbocycles. The Morgan fingerprint density at radius 3 is 2.41 bits per heavy atom. The van der Waals surface area contributed by atoms with E-state index in [9.17, 15) is 23.2 Å². The van der Waals surface area contributed by atoms with Crippen LogP contribution in [-0.4, -0.2) is 37.0 Å². The Bertz CT molecular complexity index is 880. The summed E-state index contributed by atoms with van der Waals surface area (Å²) in [6.45, 7) is -2.23. The number of benzene rings is 2. The van der Waals surface area contributed by atoms with Crippen LogP contribution in [0.25, 0.3) is 0 Å². The molecule has 0 fully saturated rings. The van der Waals surface area contributed by atoms with Crippen molar-refractivity contribution in [2.45, 2.75) is 19.6 Å². The fraction of sp³-hybridized carbons (Fsp3) is 0.211. The number of hydrogen-bond acceptors (Lipinski definition) is 5. The van der Waals surface area contributed by atoms with Crippen molar-refractivity contribution in [1.29, 1.82) is 0 Å². The molecule has 7 nitrogen and oxygen atoms in total. The second-order valence-electron chi connectivity index (χ2n) is 5.74. The molecular weight excluding hydrogens is 410 g/mol. The topological polar surface area (TPSA) is 93.7 Å². The molecule has 0 radical (unpaired) electrons. The smallest absolute Gasteiger partial charge is 0.387 e. The summed E-state index contributed by atoms with van der Waals surface area (Å²) in [6.07, 6.45) is 0. The van der Waals surface area contributed by atoms with Gasteiger partial charge < -0.3 is 20.1 Å². The fourth-order valence-electron chi connectivity index (χ4n) is 2.16. The largest absolute Gasteiger partial charge is 0.454 e. The van der Waals surface area contributed by atoms with Gasteiger partial charge in [0.25, 0.3) is 11.8 Å². The van der Waals surface area contributed by atoms with Gasteiger partial charge in [0, 0.05) is 11.3 Å². The maximum absolute atomic E-state index is 12.2. The number of ether oxygens (including phenoxy) is 2. The van der Waals surface area contributed by atoms with E-state index in [1.165, 1.54) is 19.1 Å². The third kappa shape index (κ3) is 7.04. The van der Waals surface area contributed by atoms with Gasteiger partial charge in [0.05, 0.1) is 5.02 Å². The van der Waals surface area contributed by atoms with Crippen molar-refractivity contribution >= 4 is 35.1 Å². The summed E-state index contributed by atoms with van der Waals surface area (Å²) < 4.78 is 33.5. The lowest BCUT2D eigenvalue weighted by Gasteiger charge is -2.14. The average Bonchev–Trinajstić information content (AvgIpc) is 2.68. The summed E-state index contributed by atoms with van der Waals surface area (Å²) in [6, 6.07) is 11.0. The van der Waals surface area contributed by atoms with Crippen LogP contribution in [0.3, 0.4) is 0 Å². The molecule has 2 rings (SSSR count). The Morgan fingerprint density at radius 1 is 1.10 bits per heavy atom. The molecule has 0 bridgehead atoms. The molecule has 2 amide bonds. The number of carbonyl (C=O) groups excluding carboxylic acids is 3. The van der Waals surface area contributed by atoms with Crippen molar-refractivity contribution in [3.8, 4) is 5.75 Å². The Labute approximate surface area is 169 Å². The molecular formula is C19H17ClF2N2O5. The summed E-state index contributed by atoms with van der Waals surface area (Å²) in [5.41, 5.74) is 0.573. The number of halogens is 3. The molecule has 0 heterocycles. The van der Waals surface area contributed by atoms with Crippen molar-refractivity contribution in [2.24, 2.45) is 0 Å². The first-order valence-electron chi connectivity index (χ1n) is 8.33. The van der Waals surface area contributed by atoms with Crippen molar-refractivity contribution in [1.82, 2.24) is 5.32 Å². The summed E-state index contributed by atoms with van der Waals surface area (Å²) in [5.74, 6) is -2.18. The molecule has 0 saturated heterocycles. The zero-order chi connectivity index (χ0) is 21.4. The third-order valence-corrected chi connectivity index (χ3v) is 3.81. The SMILES string of the molecule is C[C@H](NC(=O)c1ccccc1)C(=O)OCC(=O)Nc1ccc(OC(F)F)c(Cl)c1. The molecule has 154 valence electrons. The first-order chi connectivity index (χ1) is 13.8. The molecule has 10 heteroatoms. The lowest BCUT2D eigenvalue weighted by molar-refractivity contribution is -0.148. The minimum absolute atomic E-state index is 0.127. The number of amides is 2. The van der Waals surface area contributed by atoms with Crippen LogP contribution in [0.2, 0.25) is 5.02 Å². The maximum Gasteiger partial charge on any atom is 0.387 e. The highest BCUT2D eigenvalue weighted by atomic mass is 35.5. The first kappa shape index (κ1) is 22.1. The summed E-state index contributed by atoms with van der Waals surface area (Å²) in [4.78, 5) is 35.8. The van der Waals surface area contributed by atoms with Gasteiger partial charge in [-0.1, -0.05) is 29.8 Å². The highest BCUT2D eigenvalue weighted by Gasteiger charge is 2.19. The van der Waals surface area contributed by atoms with E-state index in [4.69, 9.17) is 16.3 Å². The van der Waals surface area contributed by atoms with Crippen LogP contribution in [0.15, 0.2) is 48.5 Å². The number of hydrogen-bond donors (Lipinski definition) is 2. The minimum atomic E-state index is -3.03. The van der Waals surface area contributed by atoms with Gasteiger partial charge in [-0.15, -0.1) is 0 Å². The predicted octanol–water partition coefficient (Wildman–Crippen LogP) is 3.24. The Kier molecular flexibility index (Phi) is 7.90. The zero-order valence-electron chi connectivity index (χ0n) is 15.2. The Hall–Kier alpha value is -3.20. The van der Waals surface area contributed by atoms with E-state index >= 15 is 0 Å². The second kappa shape index (κ2) is 10.4. The summed E-state index contributed by atoms with van der Waals surface area (Å²) in [7, 11) is 0. The lowest BCUT2D eigenvalue weighted by Crippen LogP contribution is -2.40. The first-order valence-corrected chi connectivity index (χ1v) is 8.71. The molecule has 29 heavy (non-hydrogen) atoms. The highest BCUT2D eigenvalue weighted by Crippen LogP contribution is 2.28. The van der Waals surface area contributed by atoms with Crippen molar-refractivity contribution in [3.05, 3.63) is 59.1 Å². The molecule has 1 atom stereocenters. The molecule has 0 spiro atoms. The number of anilines is 1. The number of nitrogens with one attached hydrogen (secondary N) is 2. The van der Waals surface area contributed by atoms with Gasteiger partial charge in [-0.05, 0) is 37.3 Å². The van der Waals surface area contributed by atoms with Crippen molar-refractivity contribution in [2.75, 3.05) is 11.9 Å². The van der Waals surface area contributed by atoms with Gasteiger partial charge in [-0.3, -0.25) is 9.59 Å². The van der Waals surface area contributed by atoms with Gasteiger partial charge in [0.2, 0.25) is 0 Å². The molecule has 0 aliphatic rings. The molecule has 0 unspecified atom stereocenters. The number of esters is 1. The van der Waals surface area contributed by atoms with Gasteiger partial charge in [-0.2, -0.15) is 8.78 Å². The van der Waals surface area contributed by atoms with Gasteiger partial charge in [0.1, 0.15) is 11.8 Å².